The molecule has 0 spiro atoms. The van der Waals surface area contributed by atoms with Gasteiger partial charge in [-0.05, 0) is 42.5 Å². The number of thiophene rings is 1. The van der Waals surface area contributed by atoms with Crippen LogP contribution in [0.2, 0.25) is 10.0 Å². The van der Waals surface area contributed by atoms with Gasteiger partial charge >= 0.3 is 12.0 Å². The first-order chi connectivity index (χ1) is 18.4. The van der Waals surface area contributed by atoms with Crippen molar-refractivity contribution in [1.29, 1.82) is 0 Å². The zero-order chi connectivity index (χ0) is 27.1. The SMILES string of the molecule is COC(=O)[C@@H](NC(=O)c1cc(Cc2ccccc2)sc1NC(=O)Nc1c(Cl)cccc1Cl)C1CCCCC1. The summed E-state index contributed by atoms with van der Waals surface area (Å²) >= 11 is 13.7. The Labute approximate surface area is 235 Å². The van der Waals surface area contributed by atoms with Gasteiger partial charge in [-0.15, -0.1) is 11.3 Å². The molecule has 0 radical (unpaired) electrons. The van der Waals surface area contributed by atoms with Crippen molar-refractivity contribution >= 4 is 63.1 Å². The van der Waals surface area contributed by atoms with Gasteiger partial charge in [0.25, 0.3) is 5.91 Å². The van der Waals surface area contributed by atoms with Gasteiger partial charge in [-0.1, -0.05) is 78.9 Å². The molecule has 1 saturated carbocycles. The Morgan fingerprint density at radius 1 is 0.974 bits per heavy atom. The molecule has 2 aromatic carbocycles. The highest BCUT2D eigenvalue weighted by Crippen LogP contribution is 2.33. The van der Waals surface area contributed by atoms with Gasteiger partial charge < -0.3 is 15.4 Å². The molecule has 1 atom stereocenters. The second-order valence-corrected chi connectivity index (χ2v) is 11.1. The van der Waals surface area contributed by atoms with Gasteiger partial charge in [0, 0.05) is 11.3 Å². The van der Waals surface area contributed by atoms with Crippen LogP contribution in [0.5, 0.6) is 0 Å². The summed E-state index contributed by atoms with van der Waals surface area (Å²) in [6.07, 6.45) is 5.39. The number of hydrogen-bond acceptors (Lipinski definition) is 5. The summed E-state index contributed by atoms with van der Waals surface area (Å²) in [5.41, 5.74) is 1.60. The maximum Gasteiger partial charge on any atom is 0.328 e. The van der Waals surface area contributed by atoms with E-state index in [0.29, 0.717) is 11.4 Å². The predicted molar refractivity (Wildman–Crippen MR) is 153 cm³/mol. The summed E-state index contributed by atoms with van der Waals surface area (Å²) in [5.74, 6) is -0.914. The predicted octanol–water partition coefficient (Wildman–Crippen LogP) is 7.14. The molecule has 0 saturated heterocycles. The monoisotopic (exact) mass is 573 g/mol. The molecule has 1 fully saturated rings. The van der Waals surface area contributed by atoms with Crippen LogP contribution in [0.4, 0.5) is 15.5 Å². The molecule has 1 heterocycles. The van der Waals surface area contributed by atoms with E-state index in [2.05, 4.69) is 16.0 Å². The van der Waals surface area contributed by atoms with E-state index in [1.54, 1.807) is 24.3 Å². The summed E-state index contributed by atoms with van der Waals surface area (Å²) < 4.78 is 5.01. The normalized spacial score (nSPS) is 14.4. The first-order valence-corrected chi connectivity index (χ1v) is 14.0. The summed E-state index contributed by atoms with van der Waals surface area (Å²) in [6, 6.07) is 15.1. The number of esters is 1. The first kappa shape index (κ1) is 28.0. The average Bonchev–Trinajstić information content (AvgIpc) is 3.31. The van der Waals surface area contributed by atoms with Crippen LogP contribution in [0, 0.1) is 5.92 Å². The molecule has 38 heavy (non-hydrogen) atoms. The largest absolute Gasteiger partial charge is 0.467 e. The third-order valence-electron chi connectivity index (χ3n) is 6.54. The van der Waals surface area contributed by atoms with E-state index in [4.69, 9.17) is 27.9 Å². The van der Waals surface area contributed by atoms with Crippen molar-refractivity contribution in [3.8, 4) is 0 Å². The fourth-order valence-electron chi connectivity index (χ4n) is 4.64. The van der Waals surface area contributed by atoms with Crippen LogP contribution < -0.4 is 16.0 Å². The van der Waals surface area contributed by atoms with Crippen molar-refractivity contribution in [2.24, 2.45) is 5.92 Å². The molecular weight excluding hydrogens is 545 g/mol. The highest BCUT2D eigenvalue weighted by atomic mass is 35.5. The highest BCUT2D eigenvalue weighted by Gasteiger charge is 2.33. The lowest BCUT2D eigenvalue weighted by Crippen LogP contribution is -2.47. The Kier molecular flexibility index (Phi) is 9.66. The number of anilines is 2. The second kappa shape index (κ2) is 13.1. The fourth-order valence-corrected chi connectivity index (χ4v) is 6.21. The van der Waals surface area contributed by atoms with Crippen molar-refractivity contribution in [2.45, 2.75) is 44.6 Å². The van der Waals surface area contributed by atoms with Gasteiger partial charge in [-0.2, -0.15) is 0 Å². The Hall–Kier alpha value is -3.07. The quantitative estimate of drug-likeness (QED) is 0.249. The summed E-state index contributed by atoms with van der Waals surface area (Å²) in [6.45, 7) is 0. The summed E-state index contributed by atoms with van der Waals surface area (Å²) in [4.78, 5) is 39.9. The van der Waals surface area contributed by atoms with Gasteiger partial charge in [0.15, 0.2) is 0 Å². The van der Waals surface area contributed by atoms with Crippen molar-refractivity contribution in [2.75, 3.05) is 17.7 Å². The number of amides is 3. The van der Waals surface area contributed by atoms with Crippen molar-refractivity contribution in [3.63, 3.8) is 0 Å². The van der Waals surface area contributed by atoms with Gasteiger partial charge in [0.2, 0.25) is 0 Å². The van der Waals surface area contributed by atoms with Crippen LogP contribution in [0.3, 0.4) is 0 Å². The molecule has 0 aliphatic heterocycles. The minimum atomic E-state index is -0.756. The third-order valence-corrected chi connectivity index (χ3v) is 8.22. The molecule has 3 N–H and O–H groups in total. The maximum atomic E-state index is 13.5. The molecule has 200 valence electrons. The molecule has 1 aliphatic rings. The van der Waals surface area contributed by atoms with Gasteiger partial charge in [0.05, 0.1) is 28.4 Å². The van der Waals surface area contributed by atoms with Crippen LogP contribution in [0.15, 0.2) is 54.6 Å². The average molecular weight is 575 g/mol. The van der Waals surface area contributed by atoms with Crippen LogP contribution in [-0.2, 0) is 16.0 Å². The van der Waals surface area contributed by atoms with Crippen molar-refractivity contribution in [3.05, 3.63) is 80.6 Å². The number of methoxy groups -OCH3 is 1. The van der Waals surface area contributed by atoms with Crippen LogP contribution in [-0.4, -0.2) is 31.1 Å². The Balaban J connectivity index is 1.59. The standard InChI is InChI=1S/C28H29Cl2N3O4S/c1-37-27(35)23(18-11-6-3-7-12-18)31-25(34)20-16-19(15-17-9-4-2-5-10-17)38-26(20)33-28(36)32-24-21(29)13-8-14-22(24)30/h2,4-5,8-10,13-14,16,18,23H,3,6-7,11-12,15H2,1H3,(H,31,34)(H2,32,33,36)/t23-/m0/s1. The van der Waals surface area contributed by atoms with E-state index in [-0.39, 0.29) is 27.2 Å². The number of para-hydroxylation sites is 1. The molecule has 1 aliphatic carbocycles. The van der Waals surface area contributed by atoms with E-state index in [9.17, 15) is 14.4 Å². The molecule has 1 aromatic heterocycles. The summed E-state index contributed by atoms with van der Waals surface area (Å²) in [5, 5.41) is 9.24. The number of carbonyl (C=O) groups is 3. The number of urea groups is 1. The van der Waals surface area contributed by atoms with Crippen LogP contribution >= 0.6 is 34.5 Å². The lowest BCUT2D eigenvalue weighted by atomic mass is 9.83. The number of ether oxygens (including phenoxy) is 1. The second-order valence-electron chi connectivity index (χ2n) is 9.17. The molecular formula is C28H29Cl2N3O4S. The van der Waals surface area contributed by atoms with E-state index >= 15 is 0 Å². The molecule has 0 bridgehead atoms. The third kappa shape index (κ3) is 7.07. The minimum absolute atomic E-state index is 0.00430. The zero-order valence-corrected chi connectivity index (χ0v) is 23.2. The lowest BCUT2D eigenvalue weighted by Gasteiger charge is -2.29. The smallest absolute Gasteiger partial charge is 0.328 e. The highest BCUT2D eigenvalue weighted by molar-refractivity contribution is 7.16. The number of hydrogen-bond donors (Lipinski definition) is 3. The molecule has 3 aromatic rings. The molecule has 3 amide bonds. The molecule has 7 nitrogen and oxygen atoms in total. The number of nitrogens with one attached hydrogen (secondary N) is 3. The number of benzene rings is 2. The maximum absolute atomic E-state index is 13.5. The van der Waals surface area contributed by atoms with Crippen molar-refractivity contribution in [1.82, 2.24) is 5.32 Å². The fraction of sp³-hybridized carbons (Fsp3) is 0.321. The van der Waals surface area contributed by atoms with Crippen LogP contribution in [0.1, 0.15) is 52.9 Å². The molecule has 0 unspecified atom stereocenters. The van der Waals surface area contributed by atoms with Gasteiger partial charge in [-0.25, -0.2) is 9.59 Å². The van der Waals surface area contributed by atoms with E-state index in [1.165, 1.54) is 18.4 Å². The Bertz CT molecular complexity index is 1270. The minimum Gasteiger partial charge on any atom is -0.467 e. The van der Waals surface area contributed by atoms with Crippen LogP contribution in [0.25, 0.3) is 0 Å². The zero-order valence-electron chi connectivity index (χ0n) is 20.9. The van der Waals surface area contributed by atoms with E-state index < -0.39 is 23.9 Å². The number of halogens is 2. The first-order valence-electron chi connectivity index (χ1n) is 12.4. The Morgan fingerprint density at radius 2 is 1.66 bits per heavy atom. The Morgan fingerprint density at radius 3 is 2.32 bits per heavy atom. The molecule has 10 heteroatoms. The van der Waals surface area contributed by atoms with Gasteiger partial charge in [-0.3, -0.25) is 10.1 Å². The molecule has 4 rings (SSSR count). The van der Waals surface area contributed by atoms with E-state index in [1.807, 2.05) is 30.3 Å². The number of carbonyl (C=O) groups excluding carboxylic acids is 3. The topological polar surface area (TPSA) is 96.5 Å². The number of rotatable bonds is 8. The summed E-state index contributed by atoms with van der Waals surface area (Å²) in [7, 11) is 1.32. The van der Waals surface area contributed by atoms with Gasteiger partial charge in [0.1, 0.15) is 11.0 Å². The van der Waals surface area contributed by atoms with Crippen molar-refractivity contribution < 1.29 is 19.1 Å². The van der Waals surface area contributed by atoms with E-state index in [0.717, 1.165) is 42.5 Å². The lowest BCUT2D eigenvalue weighted by molar-refractivity contribution is -0.144.